The van der Waals surface area contributed by atoms with Crippen LogP contribution in [0.3, 0.4) is 0 Å². The van der Waals surface area contributed by atoms with Crippen molar-refractivity contribution in [3.8, 4) is 0 Å². The van der Waals surface area contributed by atoms with Crippen molar-refractivity contribution in [2.75, 3.05) is 11.9 Å². The molecule has 1 atom stereocenters. The first-order valence-corrected chi connectivity index (χ1v) is 6.82. The molecule has 1 aromatic rings. The molecule has 0 aromatic heterocycles. The Bertz CT molecular complexity index is 421. The van der Waals surface area contributed by atoms with Crippen LogP contribution in [-0.4, -0.2) is 12.5 Å². The smallest absolute Gasteiger partial charge is 0.224 e. The molecule has 0 aliphatic rings. The molecule has 19 heavy (non-hydrogen) atoms. The van der Waals surface area contributed by atoms with E-state index < -0.39 is 0 Å². The van der Waals surface area contributed by atoms with Gasteiger partial charge in [0.25, 0.3) is 0 Å². The van der Waals surface area contributed by atoms with Crippen LogP contribution in [0.4, 0.5) is 10.1 Å². The first kappa shape index (κ1) is 15.6. The maximum atomic E-state index is 12.9. The first-order chi connectivity index (χ1) is 9.06. The Morgan fingerprint density at radius 3 is 2.74 bits per heavy atom. The summed E-state index contributed by atoms with van der Waals surface area (Å²) in [7, 11) is 0. The molecule has 106 valence electrons. The summed E-state index contributed by atoms with van der Waals surface area (Å²) in [6.45, 7) is 4.56. The van der Waals surface area contributed by atoms with E-state index in [1.165, 1.54) is 12.1 Å². The van der Waals surface area contributed by atoms with Gasteiger partial charge >= 0.3 is 0 Å². The lowest BCUT2D eigenvalue weighted by atomic mass is 9.96. The van der Waals surface area contributed by atoms with Crippen molar-refractivity contribution < 1.29 is 9.18 Å². The number of anilines is 1. The fourth-order valence-electron chi connectivity index (χ4n) is 2.10. The molecule has 3 N–H and O–H groups in total. The minimum Gasteiger partial charge on any atom is -0.330 e. The highest BCUT2D eigenvalue weighted by atomic mass is 19.1. The van der Waals surface area contributed by atoms with Crippen LogP contribution in [0.25, 0.3) is 0 Å². The van der Waals surface area contributed by atoms with Crippen LogP contribution >= 0.6 is 0 Å². The summed E-state index contributed by atoms with van der Waals surface area (Å²) < 4.78 is 12.9. The topological polar surface area (TPSA) is 55.1 Å². The molecule has 3 nitrogen and oxygen atoms in total. The van der Waals surface area contributed by atoms with Crippen LogP contribution in [0.1, 0.15) is 38.2 Å². The lowest BCUT2D eigenvalue weighted by Crippen LogP contribution is -2.15. The quantitative estimate of drug-likeness (QED) is 0.796. The Labute approximate surface area is 114 Å². The predicted molar refractivity (Wildman–Crippen MR) is 76.5 cm³/mol. The van der Waals surface area contributed by atoms with E-state index in [1.807, 2.05) is 0 Å². The molecule has 0 fully saturated rings. The number of halogens is 1. The fraction of sp³-hybridized carbons (Fsp3) is 0.533. The summed E-state index contributed by atoms with van der Waals surface area (Å²) in [5.41, 5.74) is 6.95. The van der Waals surface area contributed by atoms with Gasteiger partial charge in [0.05, 0.1) is 0 Å². The van der Waals surface area contributed by atoms with Crippen molar-refractivity contribution in [1.29, 1.82) is 0 Å². The molecule has 1 aromatic carbocycles. The van der Waals surface area contributed by atoms with Crippen molar-refractivity contribution in [3.05, 3.63) is 29.6 Å². The Balaban J connectivity index is 2.46. The van der Waals surface area contributed by atoms with Gasteiger partial charge in [0.15, 0.2) is 0 Å². The maximum absolute atomic E-state index is 12.9. The number of carbonyl (C=O) groups is 1. The van der Waals surface area contributed by atoms with Gasteiger partial charge in [-0.3, -0.25) is 4.79 Å². The molecule has 0 bridgehead atoms. The van der Waals surface area contributed by atoms with Crippen LogP contribution in [0.2, 0.25) is 0 Å². The molecule has 0 aliphatic carbocycles. The summed E-state index contributed by atoms with van der Waals surface area (Å²) in [4.78, 5) is 11.8. The molecule has 1 amide bonds. The van der Waals surface area contributed by atoms with Crippen LogP contribution in [0.5, 0.6) is 0 Å². The summed E-state index contributed by atoms with van der Waals surface area (Å²) in [6.07, 6.45) is 3.33. The number of aryl methyl sites for hydroxylation is 1. The van der Waals surface area contributed by atoms with Gasteiger partial charge in [-0.15, -0.1) is 0 Å². The lowest BCUT2D eigenvalue weighted by Gasteiger charge is -2.13. The number of rotatable bonds is 7. The molecule has 0 heterocycles. The minimum absolute atomic E-state index is 0.0230. The van der Waals surface area contributed by atoms with Gasteiger partial charge in [-0.05, 0) is 56.0 Å². The monoisotopic (exact) mass is 266 g/mol. The van der Waals surface area contributed by atoms with E-state index in [2.05, 4.69) is 12.2 Å². The molecule has 0 aliphatic heterocycles. The van der Waals surface area contributed by atoms with Crippen LogP contribution in [0, 0.1) is 18.7 Å². The van der Waals surface area contributed by atoms with Gasteiger partial charge in [-0.25, -0.2) is 4.39 Å². The lowest BCUT2D eigenvalue weighted by molar-refractivity contribution is -0.116. The number of amides is 1. The van der Waals surface area contributed by atoms with Gasteiger partial charge in [-0.2, -0.15) is 0 Å². The van der Waals surface area contributed by atoms with E-state index in [-0.39, 0.29) is 11.7 Å². The van der Waals surface area contributed by atoms with Gasteiger partial charge in [0.2, 0.25) is 5.91 Å². The van der Waals surface area contributed by atoms with Crippen molar-refractivity contribution in [2.24, 2.45) is 11.7 Å². The van der Waals surface area contributed by atoms with Gasteiger partial charge in [-0.1, -0.05) is 13.3 Å². The SMILES string of the molecule is CCC(CCN)CCC(=O)Nc1ccc(F)cc1C. The third-order valence-corrected chi connectivity index (χ3v) is 3.39. The minimum atomic E-state index is -0.288. The summed E-state index contributed by atoms with van der Waals surface area (Å²) in [5, 5.41) is 2.82. The highest BCUT2D eigenvalue weighted by Gasteiger charge is 2.10. The van der Waals surface area contributed by atoms with Crippen molar-refractivity contribution in [3.63, 3.8) is 0 Å². The molecule has 0 spiro atoms. The second kappa shape index (κ2) is 7.89. The number of hydrogen-bond acceptors (Lipinski definition) is 2. The fourth-order valence-corrected chi connectivity index (χ4v) is 2.10. The van der Waals surface area contributed by atoms with E-state index in [0.29, 0.717) is 24.6 Å². The van der Waals surface area contributed by atoms with E-state index in [9.17, 15) is 9.18 Å². The molecular formula is C15H23FN2O. The number of nitrogens with one attached hydrogen (secondary N) is 1. The molecule has 4 heteroatoms. The molecule has 1 rings (SSSR count). The molecular weight excluding hydrogens is 243 g/mol. The third kappa shape index (κ3) is 5.39. The third-order valence-electron chi connectivity index (χ3n) is 3.39. The van der Waals surface area contributed by atoms with Crippen molar-refractivity contribution in [2.45, 2.75) is 39.5 Å². The zero-order valence-corrected chi connectivity index (χ0v) is 11.7. The van der Waals surface area contributed by atoms with Gasteiger partial charge in [0, 0.05) is 12.1 Å². The first-order valence-electron chi connectivity index (χ1n) is 6.82. The zero-order valence-electron chi connectivity index (χ0n) is 11.7. The number of benzene rings is 1. The van der Waals surface area contributed by atoms with Crippen molar-refractivity contribution in [1.82, 2.24) is 0 Å². The normalized spacial score (nSPS) is 12.2. The van der Waals surface area contributed by atoms with Crippen molar-refractivity contribution >= 4 is 11.6 Å². The molecule has 0 saturated heterocycles. The highest BCUT2D eigenvalue weighted by molar-refractivity contribution is 5.91. The molecule has 1 unspecified atom stereocenters. The van der Waals surface area contributed by atoms with E-state index in [1.54, 1.807) is 13.0 Å². The van der Waals surface area contributed by atoms with Crippen LogP contribution < -0.4 is 11.1 Å². The second-order valence-corrected chi connectivity index (χ2v) is 4.90. The summed E-state index contributed by atoms with van der Waals surface area (Å²) in [5.74, 6) is 0.194. The van der Waals surface area contributed by atoms with E-state index in [0.717, 1.165) is 24.8 Å². The average Bonchev–Trinajstić information content (AvgIpc) is 2.38. The molecule has 0 saturated carbocycles. The summed E-state index contributed by atoms with van der Waals surface area (Å²) >= 11 is 0. The largest absolute Gasteiger partial charge is 0.330 e. The van der Waals surface area contributed by atoms with E-state index in [4.69, 9.17) is 5.73 Å². The van der Waals surface area contributed by atoms with Crippen LogP contribution in [-0.2, 0) is 4.79 Å². The predicted octanol–water partition coefficient (Wildman–Crippen LogP) is 3.23. The number of carbonyl (C=O) groups excluding carboxylic acids is 1. The Morgan fingerprint density at radius 2 is 2.16 bits per heavy atom. The Morgan fingerprint density at radius 1 is 1.42 bits per heavy atom. The second-order valence-electron chi connectivity index (χ2n) is 4.90. The number of hydrogen-bond donors (Lipinski definition) is 2. The number of nitrogens with two attached hydrogens (primary N) is 1. The standard InChI is InChI=1S/C15H23FN2O/c1-3-12(8-9-17)4-7-15(19)18-14-6-5-13(16)10-11(14)2/h5-6,10,12H,3-4,7-9,17H2,1-2H3,(H,18,19). The average molecular weight is 266 g/mol. The zero-order chi connectivity index (χ0) is 14.3. The Hall–Kier alpha value is -1.42. The van der Waals surface area contributed by atoms with E-state index >= 15 is 0 Å². The van der Waals surface area contributed by atoms with Crippen LogP contribution in [0.15, 0.2) is 18.2 Å². The van der Waals surface area contributed by atoms with Gasteiger partial charge in [0.1, 0.15) is 5.82 Å². The highest BCUT2D eigenvalue weighted by Crippen LogP contribution is 2.18. The maximum Gasteiger partial charge on any atom is 0.224 e. The summed E-state index contributed by atoms with van der Waals surface area (Å²) in [6, 6.07) is 4.37. The Kier molecular flexibility index (Phi) is 6.50. The molecule has 0 radical (unpaired) electrons. The van der Waals surface area contributed by atoms with Gasteiger partial charge < -0.3 is 11.1 Å².